The summed E-state index contributed by atoms with van der Waals surface area (Å²) in [6.07, 6.45) is 0. The van der Waals surface area contributed by atoms with Crippen LogP contribution in [0.4, 0.5) is 15.8 Å². The summed E-state index contributed by atoms with van der Waals surface area (Å²) in [5, 5.41) is 6.08. The highest BCUT2D eigenvalue weighted by atomic mass is 32.1. The van der Waals surface area contributed by atoms with Crippen molar-refractivity contribution in [3.05, 3.63) is 54.3 Å². The second-order valence-electron chi connectivity index (χ2n) is 3.79. The van der Waals surface area contributed by atoms with E-state index >= 15 is 0 Å². The minimum absolute atomic E-state index is 0.271. The quantitative estimate of drug-likeness (QED) is 0.839. The van der Waals surface area contributed by atoms with Crippen molar-refractivity contribution in [1.82, 2.24) is 0 Å². The highest BCUT2D eigenvalue weighted by Gasteiger charge is 2.06. The molecular weight excluding hydrogens is 263 g/mol. The van der Waals surface area contributed by atoms with Crippen molar-refractivity contribution in [2.75, 3.05) is 17.7 Å². The van der Waals surface area contributed by atoms with E-state index in [1.165, 1.54) is 13.2 Å². The summed E-state index contributed by atoms with van der Waals surface area (Å²) in [6, 6.07) is 13.8. The first-order chi connectivity index (χ1) is 9.19. The maximum Gasteiger partial charge on any atom is 0.175 e. The number of thiocarbonyl (C=S) groups is 1. The maximum atomic E-state index is 13.6. The van der Waals surface area contributed by atoms with Gasteiger partial charge in [0.15, 0.2) is 5.11 Å². The molecule has 0 aliphatic rings. The van der Waals surface area contributed by atoms with E-state index in [1.807, 2.05) is 30.3 Å². The lowest BCUT2D eigenvalue weighted by Gasteiger charge is -2.12. The van der Waals surface area contributed by atoms with Gasteiger partial charge in [-0.15, -0.1) is 0 Å². The van der Waals surface area contributed by atoms with Crippen molar-refractivity contribution in [3.63, 3.8) is 0 Å². The number of nitrogens with one attached hydrogen (secondary N) is 2. The fourth-order valence-corrected chi connectivity index (χ4v) is 1.76. The van der Waals surface area contributed by atoms with Crippen LogP contribution in [0.2, 0.25) is 0 Å². The van der Waals surface area contributed by atoms with Crippen molar-refractivity contribution in [1.29, 1.82) is 0 Å². The predicted molar refractivity (Wildman–Crippen MR) is 79.2 cm³/mol. The van der Waals surface area contributed by atoms with Gasteiger partial charge in [0, 0.05) is 11.8 Å². The van der Waals surface area contributed by atoms with Crippen molar-refractivity contribution in [3.8, 4) is 5.75 Å². The van der Waals surface area contributed by atoms with Crippen LogP contribution in [0.5, 0.6) is 5.75 Å². The number of halogens is 1. The Labute approximate surface area is 116 Å². The Morgan fingerprint density at radius 3 is 2.53 bits per heavy atom. The molecule has 0 amide bonds. The van der Waals surface area contributed by atoms with Crippen LogP contribution in [0.15, 0.2) is 48.5 Å². The van der Waals surface area contributed by atoms with E-state index in [0.717, 1.165) is 5.69 Å². The van der Waals surface area contributed by atoms with Gasteiger partial charge >= 0.3 is 0 Å². The summed E-state index contributed by atoms with van der Waals surface area (Å²) in [6.45, 7) is 0. The first kappa shape index (κ1) is 13.3. The van der Waals surface area contributed by atoms with Gasteiger partial charge < -0.3 is 15.4 Å². The zero-order chi connectivity index (χ0) is 13.7. The van der Waals surface area contributed by atoms with Gasteiger partial charge in [-0.05, 0) is 36.5 Å². The number of hydrogen-bond acceptors (Lipinski definition) is 2. The molecule has 0 unspecified atom stereocenters. The first-order valence-electron chi connectivity index (χ1n) is 5.65. The second-order valence-corrected chi connectivity index (χ2v) is 4.20. The number of hydrogen-bond donors (Lipinski definition) is 2. The SMILES string of the molecule is COc1ccc(F)c(NC(=S)Nc2ccccc2)c1. The van der Waals surface area contributed by atoms with Crippen molar-refractivity contribution in [2.24, 2.45) is 0 Å². The topological polar surface area (TPSA) is 33.3 Å². The normalized spacial score (nSPS) is 9.79. The molecule has 0 aliphatic heterocycles. The summed E-state index contributed by atoms with van der Waals surface area (Å²) >= 11 is 5.13. The molecule has 0 radical (unpaired) electrons. The van der Waals surface area contributed by atoms with Crippen molar-refractivity contribution in [2.45, 2.75) is 0 Å². The molecule has 0 fully saturated rings. The fraction of sp³-hybridized carbons (Fsp3) is 0.0714. The highest BCUT2D eigenvalue weighted by Crippen LogP contribution is 2.21. The van der Waals surface area contributed by atoms with Crippen LogP contribution >= 0.6 is 12.2 Å². The standard InChI is InChI=1S/C14H13FN2OS/c1-18-11-7-8-12(15)13(9-11)17-14(19)16-10-5-3-2-4-6-10/h2-9H,1H3,(H2,16,17,19). The molecule has 0 aromatic heterocycles. The third-order valence-electron chi connectivity index (χ3n) is 2.45. The molecular formula is C14H13FN2OS. The number of rotatable bonds is 3. The molecule has 0 heterocycles. The average molecular weight is 276 g/mol. The molecule has 2 N–H and O–H groups in total. The molecule has 0 saturated carbocycles. The van der Waals surface area contributed by atoms with Gasteiger partial charge in [0.25, 0.3) is 0 Å². The molecule has 2 aromatic carbocycles. The Balaban J connectivity index is 2.06. The Morgan fingerprint density at radius 1 is 1.11 bits per heavy atom. The lowest BCUT2D eigenvalue weighted by molar-refractivity contribution is 0.414. The number of methoxy groups -OCH3 is 1. The highest BCUT2D eigenvalue weighted by molar-refractivity contribution is 7.80. The van der Waals surface area contributed by atoms with Crippen LogP contribution in [-0.2, 0) is 0 Å². The summed E-state index contributed by atoms with van der Waals surface area (Å²) in [5.41, 5.74) is 1.11. The lowest BCUT2D eigenvalue weighted by Crippen LogP contribution is -2.19. The molecule has 19 heavy (non-hydrogen) atoms. The molecule has 0 bridgehead atoms. The largest absolute Gasteiger partial charge is 0.497 e. The molecule has 2 rings (SSSR count). The number of anilines is 2. The molecule has 5 heteroatoms. The van der Waals surface area contributed by atoms with Gasteiger partial charge in [0.1, 0.15) is 11.6 Å². The van der Waals surface area contributed by atoms with Crippen LogP contribution in [0, 0.1) is 5.82 Å². The Hall–Kier alpha value is -2.14. The van der Waals surface area contributed by atoms with E-state index < -0.39 is 5.82 Å². The lowest BCUT2D eigenvalue weighted by atomic mass is 10.3. The third-order valence-corrected chi connectivity index (χ3v) is 2.66. The molecule has 0 spiro atoms. The van der Waals surface area contributed by atoms with Crippen LogP contribution < -0.4 is 15.4 Å². The van der Waals surface area contributed by atoms with Gasteiger partial charge in [-0.25, -0.2) is 4.39 Å². The van der Waals surface area contributed by atoms with Gasteiger partial charge in [-0.1, -0.05) is 18.2 Å². The molecule has 0 aliphatic carbocycles. The monoisotopic (exact) mass is 276 g/mol. The molecule has 98 valence electrons. The third kappa shape index (κ3) is 3.66. The number of para-hydroxylation sites is 1. The minimum atomic E-state index is -0.391. The van der Waals surface area contributed by atoms with Crippen LogP contribution in [-0.4, -0.2) is 12.2 Å². The molecule has 3 nitrogen and oxygen atoms in total. The van der Waals surface area contributed by atoms with E-state index in [0.29, 0.717) is 10.9 Å². The predicted octanol–water partition coefficient (Wildman–Crippen LogP) is 3.64. The number of benzene rings is 2. The summed E-state index contributed by atoms with van der Waals surface area (Å²) in [4.78, 5) is 0. The van der Waals surface area contributed by atoms with Crippen LogP contribution in [0.1, 0.15) is 0 Å². The Bertz CT molecular complexity index is 575. The van der Waals surface area contributed by atoms with E-state index in [1.54, 1.807) is 12.1 Å². The molecule has 0 saturated heterocycles. The van der Waals surface area contributed by atoms with Gasteiger partial charge in [0.2, 0.25) is 0 Å². The summed E-state index contributed by atoms with van der Waals surface area (Å²) in [7, 11) is 1.53. The van der Waals surface area contributed by atoms with E-state index in [2.05, 4.69) is 10.6 Å². The molecule has 2 aromatic rings. The van der Waals surface area contributed by atoms with Crippen LogP contribution in [0.25, 0.3) is 0 Å². The van der Waals surface area contributed by atoms with Crippen molar-refractivity contribution < 1.29 is 9.13 Å². The summed E-state index contributed by atoms with van der Waals surface area (Å²) in [5.74, 6) is 0.171. The van der Waals surface area contributed by atoms with E-state index in [9.17, 15) is 4.39 Å². The number of ether oxygens (including phenoxy) is 1. The van der Waals surface area contributed by atoms with E-state index in [4.69, 9.17) is 17.0 Å². The van der Waals surface area contributed by atoms with Gasteiger partial charge in [-0.3, -0.25) is 0 Å². The zero-order valence-electron chi connectivity index (χ0n) is 10.3. The van der Waals surface area contributed by atoms with Crippen LogP contribution in [0.3, 0.4) is 0 Å². The maximum absolute atomic E-state index is 13.6. The smallest absolute Gasteiger partial charge is 0.175 e. The first-order valence-corrected chi connectivity index (χ1v) is 6.06. The van der Waals surface area contributed by atoms with Crippen molar-refractivity contribution >= 4 is 28.7 Å². The summed E-state index contributed by atoms with van der Waals surface area (Å²) < 4.78 is 18.6. The fourth-order valence-electron chi connectivity index (χ4n) is 1.53. The van der Waals surface area contributed by atoms with E-state index in [-0.39, 0.29) is 5.69 Å². The second kappa shape index (κ2) is 6.15. The zero-order valence-corrected chi connectivity index (χ0v) is 11.1. The van der Waals surface area contributed by atoms with Gasteiger partial charge in [-0.2, -0.15) is 0 Å². The molecule has 0 atom stereocenters. The van der Waals surface area contributed by atoms with Gasteiger partial charge in [0.05, 0.1) is 12.8 Å². The Kier molecular flexibility index (Phi) is 4.30. The Morgan fingerprint density at radius 2 is 1.84 bits per heavy atom. The minimum Gasteiger partial charge on any atom is -0.497 e. The average Bonchev–Trinajstić information content (AvgIpc) is 2.42.